The highest BCUT2D eigenvalue weighted by atomic mass is 28.4. The van der Waals surface area contributed by atoms with Crippen LogP contribution in [0.3, 0.4) is 0 Å². The Labute approximate surface area is 182 Å². The Morgan fingerprint density at radius 1 is 1.10 bits per heavy atom. The zero-order valence-corrected chi connectivity index (χ0v) is 20.1. The van der Waals surface area contributed by atoms with E-state index in [9.17, 15) is 9.59 Å². The van der Waals surface area contributed by atoms with Gasteiger partial charge >= 0.3 is 0 Å². The molecule has 0 spiro atoms. The molecule has 1 saturated heterocycles. The lowest BCUT2D eigenvalue weighted by Gasteiger charge is -2.41. The Balaban J connectivity index is 1.78. The molecule has 0 radical (unpaired) electrons. The number of allylic oxidation sites excluding steroid dienone is 2. The van der Waals surface area contributed by atoms with Crippen molar-refractivity contribution < 1.29 is 14.0 Å². The predicted molar refractivity (Wildman–Crippen MR) is 123 cm³/mol. The number of rotatable bonds is 6. The smallest absolute Gasteiger partial charge is 0.237 e. The molecule has 2 amide bonds. The molecule has 2 aliphatic rings. The van der Waals surface area contributed by atoms with Gasteiger partial charge in [0.05, 0.1) is 17.9 Å². The maximum atomic E-state index is 12.9. The van der Waals surface area contributed by atoms with E-state index in [2.05, 4.69) is 64.2 Å². The average molecular weight is 426 g/mol. The van der Waals surface area contributed by atoms with Crippen molar-refractivity contribution >= 4 is 20.1 Å². The lowest BCUT2D eigenvalue weighted by atomic mass is 9.79. The number of fused-ring (bicyclic) bond motifs is 1. The molecule has 0 saturated carbocycles. The molecule has 1 aliphatic carbocycles. The van der Waals surface area contributed by atoms with Gasteiger partial charge in [0.1, 0.15) is 0 Å². The molecule has 30 heavy (non-hydrogen) atoms. The van der Waals surface area contributed by atoms with Crippen LogP contribution in [0.25, 0.3) is 0 Å². The first-order valence-electron chi connectivity index (χ1n) is 10.9. The summed E-state index contributed by atoms with van der Waals surface area (Å²) in [7, 11) is -0.473. The summed E-state index contributed by atoms with van der Waals surface area (Å²) in [4.78, 5) is 27.1. The molecule has 3 atom stereocenters. The number of likely N-dealkylation sites (tertiary alicyclic amines) is 1. The summed E-state index contributed by atoms with van der Waals surface area (Å²) in [6.07, 6.45) is 8.74. The second-order valence-corrected chi connectivity index (χ2v) is 14.8. The van der Waals surface area contributed by atoms with E-state index in [1.54, 1.807) is 7.05 Å². The van der Waals surface area contributed by atoms with E-state index in [0.29, 0.717) is 0 Å². The van der Waals surface area contributed by atoms with Gasteiger partial charge in [0.15, 0.2) is 8.32 Å². The summed E-state index contributed by atoms with van der Waals surface area (Å²) < 4.78 is 6.58. The maximum Gasteiger partial charge on any atom is 0.237 e. The van der Waals surface area contributed by atoms with Crippen molar-refractivity contribution in [3.8, 4) is 0 Å². The molecular formula is C25H35NO3Si. The third-order valence-electron chi connectivity index (χ3n) is 6.89. The maximum absolute atomic E-state index is 12.9. The Morgan fingerprint density at radius 3 is 2.40 bits per heavy atom. The zero-order valence-electron chi connectivity index (χ0n) is 19.1. The summed E-state index contributed by atoms with van der Waals surface area (Å²) in [5.74, 6) is -1.08. The van der Waals surface area contributed by atoms with Gasteiger partial charge < -0.3 is 4.43 Å². The summed E-state index contributed by atoms with van der Waals surface area (Å²) in [5.41, 5.74) is 2.29. The van der Waals surface area contributed by atoms with Gasteiger partial charge in [-0.15, -0.1) is 0 Å². The number of imide groups is 1. The van der Waals surface area contributed by atoms with Gasteiger partial charge in [-0.05, 0) is 48.5 Å². The van der Waals surface area contributed by atoms with Gasteiger partial charge in [-0.3, -0.25) is 14.5 Å². The standard InChI is InChI=1S/C25H35NO3Si/c1-25(2,3)30(5,6)29-20-17-16-19(21-22(20)24(28)26(4)23(21)27)15-11-10-14-18-12-8-7-9-13-18/h7-9,12-13,15-17,20-22H,10-11,14H2,1-6H3/b19-15-/t20-,21+,22-/m0/s1. The normalized spacial score (nSPS) is 25.9. The van der Waals surface area contributed by atoms with Crippen molar-refractivity contribution in [3.63, 3.8) is 0 Å². The van der Waals surface area contributed by atoms with E-state index in [1.807, 2.05) is 18.2 Å². The van der Waals surface area contributed by atoms with Crippen LogP contribution < -0.4 is 0 Å². The van der Waals surface area contributed by atoms with Crippen molar-refractivity contribution in [3.05, 3.63) is 59.7 Å². The molecule has 0 unspecified atom stereocenters. The SMILES string of the molecule is CN1C(=O)[C@H]2[C@@H](O[Si](C)(C)C(C)(C)C)C=C/C(=C/CCCc3ccccc3)[C@H]2C1=O. The highest BCUT2D eigenvalue weighted by Gasteiger charge is 2.53. The molecule has 162 valence electrons. The van der Waals surface area contributed by atoms with Gasteiger partial charge in [0.2, 0.25) is 11.8 Å². The highest BCUT2D eigenvalue weighted by molar-refractivity contribution is 6.74. The quantitative estimate of drug-likeness (QED) is 0.361. The van der Waals surface area contributed by atoms with E-state index < -0.39 is 20.2 Å². The monoisotopic (exact) mass is 425 g/mol. The first kappa shape index (κ1) is 22.7. The van der Waals surface area contributed by atoms with Crippen molar-refractivity contribution in [2.24, 2.45) is 11.8 Å². The first-order valence-corrected chi connectivity index (χ1v) is 13.8. The van der Waals surface area contributed by atoms with Crippen LogP contribution in [0.15, 0.2) is 54.1 Å². The second-order valence-electron chi connectivity index (χ2n) is 10.0. The molecule has 1 fully saturated rings. The van der Waals surface area contributed by atoms with Gasteiger partial charge in [-0.2, -0.15) is 0 Å². The third-order valence-corrected chi connectivity index (χ3v) is 11.4. The largest absolute Gasteiger partial charge is 0.410 e. The molecular weight excluding hydrogens is 390 g/mol. The Morgan fingerprint density at radius 2 is 1.77 bits per heavy atom. The van der Waals surface area contributed by atoms with Crippen molar-refractivity contribution in [1.29, 1.82) is 0 Å². The topological polar surface area (TPSA) is 46.6 Å². The molecule has 0 N–H and O–H groups in total. The number of hydrogen-bond acceptors (Lipinski definition) is 3. The van der Waals surface area contributed by atoms with Crippen LogP contribution in [0.5, 0.6) is 0 Å². The minimum atomic E-state index is -2.07. The van der Waals surface area contributed by atoms with Crippen molar-refractivity contribution in [2.75, 3.05) is 7.05 Å². The van der Waals surface area contributed by atoms with Crippen LogP contribution in [0.2, 0.25) is 18.1 Å². The minimum absolute atomic E-state index is 0.0431. The van der Waals surface area contributed by atoms with Crippen molar-refractivity contribution in [2.45, 2.75) is 64.3 Å². The average Bonchev–Trinajstić information content (AvgIpc) is 2.91. The zero-order chi connectivity index (χ0) is 22.1. The van der Waals surface area contributed by atoms with E-state index in [1.165, 1.54) is 10.5 Å². The van der Waals surface area contributed by atoms with Gasteiger partial charge in [0.25, 0.3) is 0 Å². The van der Waals surface area contributed by atoms with Gasteiger partial charge in [-0.1, -0.05) is 69.3 Å². The van der Waals surface area contributed by atoms with Crippen LogP contribution in [-0.2, 0) is 20.4 Å². The lowest BCUT2D eigenvalue weighted by Crippen LogP contribution is -2.48. The summed E-state index contributed by atoms with van der Waals surface area (Å²) in [6.45, 7) is 10.9. The van der Waals surface area contributed by atoms with Crippen LogP contribution in [0, 0.1) is 11.8 Å². The summed E-state index contributed by atoms with van der Waals surface area (Å²) >= 11 is 0. The number of hydrogen-bond donors (Lipinski definition) is 0. The number of nitrogens with zero attached hydrogens (tertiary/aromatic N) is 1. The Kier molecular flexibility index (Phi) is 6.53. The first-order chi connectivity index (χ1) is 14.0. The number of benzene rings is 1. The fourth-order valence-corrected chi connectivity index (χ4v) is 5.25. The predicted octanol–water partition coefficient (Wildman–Crippen LogP) is 5.13. The minimum Gasteiger partial charge on any atom is -0.410 e. The lowest BCUT2D eigenvalue weighted by molar-refractivity contribution is -0.138. The Hall–Kier alpha value is -1.98. The second kappa shape index (κ2) is 8.64. The molecule has 5 heteroatoms. The number of amides is 2. The van der Waals surface area contributed by atoms with E-state index >= 15 is 0 Å². The number of unbranched alkanes of at least 4 members (excludes halogenated alkanes) is 1. The molecule has 0 bridgehead atoms. The van der Waals surface area contributed by atoms with Gasteiger partial charge in [-0.25, -0.2) is 0 Å². The Bertz CT molecular complexity index is 851. The van der Waals surface area contributed by atoms with Crippen LogP contribution in [-0.4, -0.2) is 38.2 Å². The highest BCUT2D eigenvalue weighted by Crippen LogP contribution is 2.44. The number of aryl methyl sites for hydroxylation is 1. The molecule has 0 aromatic heterocycles. The molecule has 1 aliphatic heterocycles. The summed E-state index contributed by atoms with van der Waals surface area (Å²) in [6, 6.07) is 10.4. The third kappa shape index (κ3) is 4.52. The number of carbonyl (C=O) groups excluding carboxylic acids is 2. The molecule has 3 rings (SSSR count). The summed E-state index contributed by atoms with van der Waals surface area (Å²) in [5, 5.41) is 0.0431. The van der Waals surface area contributed by atoms with Gasteiger partial charge in [0, 0.05) is 7.05 Å². The number of carbonyl (C=O) groups is 2. The van der Waals surface area contributed by atoms with E-state index in [0.717, 1.165) is 24.8 Å². The van der Waals surface area contributed by atoms with Crippen molar-refractivity contribution in [1.82, 2.24) is 4.90 Å². The molecule has 4 nitrogen and oxygen atoms in total. The molecule has 1 heterocycles. The van der Waals surface area contributed by atoms with E-state index in [-0.39, 0.29) is 23.0 Å². The van der Waals surface area contributed by atoms with E-state index in [4.69, 9.17) is 4.43 Å². The molecule has 1 aromatic carbocycles. The fraction of sp³-hybridized carbons (Fsp3) is 0.520. The fourth-order valence-electron chi connectivity index (χ4n) is 3.99. The van der Waals surface area contributed by atoms with Crippen LogP contribution >= 0.6 is 0 Å². The van der Waals surface area contributed by atoms with Crippen LogP contribution in [0.4, 0.5) is 0 Å². The van der Waals surface area contributed by atoms with Crippen LogP contribution in [0.1, 0.15) is 39.2 Å². The molecule has 1 aromatic rings.